The molecule has 35 heavy (non-hydrogen) atoms. The van der Waals surface area contributed by atoms with Gasteiger partial charge in [-0.1, -0.05) is 48.5 Å². The van der Waals surface area contributed by atoms with Gasteiger partial charge < -0.3 is 10.1 Å². The van der Waals surface area contributed by atoms with E-state index in [2.05, 4.69) is 10.4 Å². The van der Waals surface area contributed by atoms with Crippen molar-refractivity contribution in [1.82, 2.24) is 15.1 Å². The van der Waals surface area contributed by atoms with E-state index in [0.717, 1.165) is 47.2 Å². The molecule has 0 fully saturated rings. The summed E-state index contributed by atoms with van der Waals surface area (Å²) >= 11 is 0. The molecule has 4 rings (SSSR count). The molecule has 1 N–H and O–H groups in total. The fourth-order valence-corrected chi connectivity index (χ4v) is 3.38. The maximum atomic E-state index is 13.8. The summed E-state index contributed by atoms with van der Waals surface area (Å²) in [5.74, 6) is -0.800. The van der Waals surface area contributed by atoms with Gasteiger partial charge in [0.1, 0.15) is 0 Å². The molecule has 0 aliphatic carbocycles. The Kier molecular flexibility index (Phi) is 6.49. The molecule has 0 radical (unpaired) electrons. The molecule has 1 amide bonds. The van der Waals surface area contributed by atoms with Gasteiger partial charge in [0, 0.05) is 18.7 Å². The molecule has 4 aromatic rings. The average molecular weight is 482 g/mol. The number of benzene rings is 3. The maximum Gasteiger partial charge on any atom is 0.437 e. The van der Waals surface area contributed by atoms with E-state index in [9.17, 15) is 28.1 Å². The second-order valence-corrected chi connectivity index (χ2v) is 7.35. The van der Waals surface area contributed by atoms with Gasteiger partial charge in [-0.3, -0.25) is 10.1 Å². The summed E-state index contributed by atoms with van der Waals surface area (Å²) in [4.78, 5) is 22.4. The average Bonchev–Trinajstić information content (AvgIpc) is 3.27. The molecule has 3 aromatic carbocycles. The number of halogens is 3. The molecule has 0 unspecified atom stereocenters. The van der Waals surface area contributed by atoms with Crippen LogP contribution in [0.1, 0.15) is 11.3 Å². The number of alkyl halides is 3. The zero-order valence-corrected chi connectivity index (χ0v) is 17.9. The Balaban J connectivity index is 1.49. The van der Waals surface area contributed by atoms with Crippen LogP contribution in [0.4, 0.5) is 23.7 Å². The predicted molar refractivity (Wildman–Crippen MR) is 120 cm³/mol. The van der Waals surface area contributed by atoms with Crippen molar-refractivity contribution >= 4 is 11.8 Å². The minimum absolute atomic E-state index is 0.0251. The molecule has 11 heteroatoms. The molecule has 0 saturated carbocycles. The van der Waals surface area contributed by atoms with Gasteiger partial charge >= 0.3 is 12.3 Å². The number of nitrogens with one attached hydrogen (secondary N) is 1. The van der Waals surface area contributed by atoms with Gasteiger partial charge in [0.25, 0.3) is 5.69 Å². The summed E-state index contributed by atoms with van der Waals surface area (Å²) in [6.45, 7) is 0.0251. The van der Waals surface area contributed by atoms with E-state index in [1.165, 1.54) is 0 Å². The van der Waals surface area contributed by atoms with E-state index < -0.39 is 28.6 Å². The van der Waals surface area contributed by atoms with Crippen LogP contribution in [0.15, 0.2) is 85.1 Å². The van der Waals surface area contributed by atoms with Gasteiger partial charge in [-0.25, -0.2) is 9.48 Å². The van der Waals surface area contributed by atoms with Crippen LogP contribution in [0.2, 0.25) is 0 Å². The monoisotopic (exact) mass is 482 g/mol. The number of nitro benzene ring substituents is 1. The van der Waals surface area contributed by atoms with Gasteiger partial charge in [-0.05, 0) is 34.9 Å². The first-order valence-electron chi connectivity index (χ1n) is 10.2. The molecule has 0 aliphatic heterocycles. The van der Waals surface area contributed by atoms with Gasteiger partial charge in [-0.15, -0.1) is 0 Å². The van der Waals surface area contributed by atoms with Crippen LogP contribution in [-0.4, -0.2) is 20.8 Å². The number of non-ortho nitro benzene ring substituents is 1. The molecular weight excluding hydrogens is 465 g/mol. The third-order valence-corrected chi connectivity index (χ3v) is 4.98. The highest BCUT2D eigenvalue weighted by atomic mass is 19.4. The molecule has 1 heterocycles. The number of carbonyl (C=O) groups excluding carboxylic acids is 1. The molecule has 1 aromatic heterocycles. The van der Waals surface area contributed by atoms with Crippen molar-refractivity contribution in [2.45, 2.75) is 12.7 Å². The predicted octanol–water partition coefficient (Wildman–Crippen LogP) is 5.75. The van der Waals surface area contributed by atoms with Crippen molar-refractivity contribution in [1.29, 1.82) is 0 Å². The number of nitro groups is 1. The summed E-state index contributed by atoms with van der Waals surface area (Å²) < 4.78 is 46.7. The highest BCUT2D eigenvalue weighted by Crippen LogP contribution is 2.37. The summed E-state index contributed by atoms with van der Waals surface area (Å²) in [5.41, 5.74) is 0.915. The molecule has 0 spiro atoms. The lowest BCUT2D eigenvalue weighted by Crippen LogP contribution is -2.27. The van der Waals surface area contributed by atoms with Crippen LogP contribution in [0.5, 0.6) is 5.75 Å². The van der Waals surface area contributed by atoms with Gasteiger partial charge in [0.15, 0.2) is 11.4 Å². The fraction of sp³-hybridized carbons (Fsp3) is 0.0833. The van der Waals surface area contributed by atoms with E-state index in [1.807, 2.05) is 42.5 Å². The highest BCUT2D eigenvalue weighted by molar-refractivity contribution is 5.71. The van der Waals surface area contributed by atoms with Gasteiger partial charge in [-0.2, -0.15) is 18.3 Å². The third kappa shape index (κ3) is 5.46. The van der Waals surface area contributed by atoms with Crippen molar-refractivity contribution in [3.05, 3.63) is 106 Å². The minimum atomic E-state index is -4.92. The number of amides is 1. The van der Waals surface area contributed by atoms with E-state index in [0.29, 0.717) is 4.68 Å². The van der Waals surface area contributed by atoms with Crippen LogP contribution < -0.4 is 10.1 Å². The highest BCUT2D eigenvalue weighted by Gasteiger charge is 2.40. The first kappa shape index (κ1) is 23.5. The lowest BCUT2D eigenvalue weighted by molar-refractivity contribution is -0.384. The standard InChI is InChI=1S/C24H17F3N4O4/c25-24(26,27)22-21(15-29-30(22)19-9-11-20(12-10-19)31(33)34)35-23(32)28-14-16-5-4-8-18(13-16)17-6-2-1-3-7-17/h1-13,15H,14H2,(H,28,32). The topological polar surface area (TPSA) is 99.3 Å². The lowest BCUT2D eigenvalue weighted by atomic mass is 10.0. The lowest BCUT2D eigenvalue weighted by Gasteiger charge is -2.13. The number of hydrogen-bond donors (Lipinski definition) is 1. The van der Waals surface area contributed by atoms with Crippen molar-refractivity contribution in [3.63, 3.8) is 0 Å². The summed E-state index contributed by atoms with van der Waals surface area (Å²) in [7, 11) is 0. The minimum Gasteiger partial charge on any atom is -0.406 e. The maximum absolute atomic E-state index is 13.8. The first-order valence-corrected chi connectivity index (χ1v) is 10.2. The molecule has 0 atom stereocenters. The fourth-order valence-electron chi connectivity index (χ4n) is 3.38. The van der Waals surface area contributed by atoms with Crippen LogP contribution >= 0.6 is 0 Å². The Morgan fingerprint density at radius 1 is 1.00 bits per heavy atom. The Morgan fingerprint density at radius 3 is 2.34 bits per heavy atom. The van der Waals surface area contributed by atoms with E-state index in [4.69, 9.17) is 4.74 Å². The molecule has 0 bridgehead atoms. The Bertz CT molecular complexity index is 1350. The van der Waals surface area contributed by atoms with Crippen LogP contribution in [0, 0.1) is 10.1 Å². The summed E-state index contributed by atoms with van der Waals surface area (Å²) in [6, 6.07) is 21.2. The number of nitrogens with zero attached hydrogens (tertiary/aromatic N) is 3. The Labute approximate surface area is 196 Å². The first-order chi connectivity index (χ1) is 16.7. The number of carbonyl (C=O) groups is 1. The number of hydrogen-bond acceptors (Lipinski definition) is 5. The normalized spacial score (nSPS) is 11.2. The van der Waals surface area contributed by atoms with E-state index >= 15 is 0 Å². The zero-order valence-electron chi connectivity index (χ0n) is 17.9. The quantitative estimate of drug-likeness (QED) is 0.279. The summed E-state index contributed by atoms with van der Waals surface area (Å²) in [5, 5.41) is 16.9. The van der Waals surface area contributed by atoms with Crippen molar-refractivity contribution in [2.24, 2.45) is 0 Å². The van der Waals surface area contributed by atoms with Crippen LogP contribution in [0.3, 0.4) is 0 Å². The van der Waals surface area contributed by atoms with Crippen LogP contribution in [-0.2, 0) is 12.7 Å². The zero-order chi connectivity index (χ0) is 25.0. The third-order valence-electron chi connectivity index (χ3n) is 4.98. The molecule has 0 aliphatic rings. The summed E-state index contributed by atoms with van der Waals surface area (Å²) in [6.07, 6.45) is -5.25. The van der Waals surface area contributed by atoms with E-state index in [-0.39, 0.29) is 17.9 Å². The number of ether oxygens (including phenoxy) is 1. The van der Waals surface area contributed by atoms with Crippen LogP contribution in [0.25, 0.3) is 16.8 Å². The van der Waals surface area contributed by atoms with E-state index in [1.54, 1.807) is 12.1 Å². The molecular formula is C24H17F3N4O4. The molecule has 8 nitrogen and oxygen atoms in total. The number of rotatable bonds is 6. The largest absolute Gasteiger partial charge is 0.437 e. The second-order valence-electron chi connectivity index (χ2n) is 7.35. The van der Waals surface area contributed by atoms with Crippen molar-refractivity contribution in [2.75, 3.05) is 0 Å². The molecule has 178 valence electrons. The van der Waals surface area contributed by atoms with Crippen molar-refractivity contribution in [3.8, 4) is 22.6 Å². The SMILES string of the molecule is O=C(NCc1cccc(-c2ccccc2)c1)Oc1cnn(-c2ccc([N+](=O)[O-])cc2)c1C(F)(F)F. The number of aromatic nitrogens is 2. The molecule has 0 saturated heterocycles. The Hall–Kier alpha value is -4.67. The second kappa shape index (κ2) is 9.67. The Morgan fingerprint density at radius 2 is 1.69 bits per heavy atom. The van der Waals surface area contributed by atoms with Crippen molar-refractivity contribution < 1.29 is 27.6 Å². The van der Waals surface area contributed by atoms with Gasteiger partial charge in [0.2, 0.25) is 0 Å². The van der Waals surface area contributed by atoms with Gasteiger partial charge in [0.05, 0.1) is 16.8 Å². The smallest absolute Gasteiger partial charge is 0.406 e.